The van der Waals surface area contributed by atoms with E-state index in [1.807, 2.05) is 0 Å². The molecule has 4 heteroatoms. The van der Waals surface area contributed by atoms with E-state index < -0.39 is 0 Å². The van der Waals surface area contributed by atoms with Crippen LogP contribution in [-0.2, 0) is 0 Å². The molecule has 0 atom stereocenters. The smallest absolute Gasteiger partial charge is 0.175 e. The minimum atomic E-state index is -0.252. The third kappa shape index (κ3) is 2.35. The lowest BCUT2D eigenvalue weighted by Crippen LogP contribution is -2.05. The second kappa shape index (κ2) is 5.03. The first kappa shape index (κ1) is 12.2. The van der Waals surface area contributed by atoms with Crippen molar-refractivity contribution in [3.8, 4) is 11.1 Å². The van der Waals surface area contributed by atoms with Crippen molar-refractivity contribution in [1.82, 2.24) is 5.16 Å². The highest BCUT2D eigenvalue weighted by molar-refractivity contribution is 5.75. The molecule has 3 nitrogen and oxygen atoms in total. The molecule has 2 N–H and O–H groups in total. The molecular weight excluding hydrogens is 243 g/mol. The number of aromatic nitrogens is 1. The molecule has 19 heavy (non-hydrogen) atoms. The lowest BCUT2D eigenvalue weighted by Gasteiger charge is -2.20. The number of hydrogen-bond donors (Lipinski definition) is 1. The summed E-state index contributed by atoms with van der Waals surface area (Å²) in [4.78, 5) is 0. The fourth-order valence-electron chi connectivity index (χ4n) is 2.87. The van der Waals surface area contributed by atoms with Gasteiger partial charge in [0.25, 0.3) is 0 Å². The minimum Gasteiger partial charge on any atom is -0.380 e. The van der Waals surface area contributed by atoms with Crippen LogP contribution >= 0.6 is 0 Å². The van der Waals surface area contributed by atoms with Crippen LogP contribution in [0.3, 0.4) is 0 Å². The first-order valence-electron chi connectivity index (χ1n) is 6.76. The predicted molar refractivity (Wildman–Crippen MR) is 72.1 cm³/mol. The monoisotopic (exact) mass is 260 g/mol. The van der Waals surface area contributed by atoms with Crippen LogP contribution in [0.1, 0.15) is 43.8 Å². The Balaban J connectivity index is 2.00. The minimum absolute atomic E-state index is 0.252. The number of nitrogens with two attached hydrogens (primary N) is 1. The first-order valence-corrected chi connectivity index (χ1v) is 6.76. The highest BCUT2D eigenvalue weighted by atomic mass is 19.1. The average molecular weight is 260 g/mol. The van der Waals surface area contributed by atoms with Gasteiger partial charge in [-0.05, 0) is 30.5 Å². The molecule has 0 saturated heterocycles. The molecule has 100 valence electrons. The summed E-state index contributed by atoms with van der Waals surface area (Å²) < 4.78 is 18.5. The maximum atomic E-state index is 13.0. The van der Waals surface area contributed by atoms with Gasteiger partial charge in [-0.25, -0.2) is 4.39 Å². The molecule has 0 aliphatic heterocycles. The quantitative estimate of drug-likeness (QED) is 0.884. The normalized spacial score (nSPS) is 16.7. The number of nitrogens with zero attached hydrogens (tertiary/aromatic N) is 1. The summed E-state index contributed by atoms with van der Waals surface area (Å²) >= 11 is 0. The van der Waals surface area contributed by atoms with E-state index >= 15 is 0 Å². The Bertz CT molecular complexity index is 556. The van der Waals surface area contributed by atoms with Crippen molar-refractivity contribution < 1.29 is 8.91 Å². The van der Waals surface area contributed by atoms with E-state index in [1.165, 1.54) is 31.4 Å². The molecule has 0 amide bonds. The standard InChI is InChI=1S/C15H17FN2O/c16-12-8-6-10(7-9-12)13-14(19-18-15(13)17)11-4-2-1-3-5-11/h6-9,11H,1-5H2,(H2,17,18). The van der Waals surface area contributed by atoms with Crippen molar-refractivity contribution in [2.45, 2.75) is 38.0 Å². The van der Waals surface area contributed by atoms with Crippen LogP contribution < -0.4 is 5.73 Å². The van der Waals surface area contributed by atoms with Gasteiger partial charge in [-0.2, -0.15) is 0 Å². The molecule has 3 rings (SSSR count). The molecule has 0 bridgehead atoms. The Hall–Kier alpha value is -1.84. The van der Waals surface area contributed by atoms with E-state index in [0.717, 1.165) is 29.7 Å². The predicted octanol–water partition coefficient (Wildman–Crippen LogP) is 4.11. The maximum Gasteiger partial charge on any atom is 0.175 e. The van der Waals surface area contributed by atoms with Crippen LogP contribution in [0, 0.1) is 5.82 Å². The summed E-state index contributed by atoms with van der Waals surface area (Å²) in [7, 11) is 0. The molecule has 1 saturated carbocycles. The van der Waals surface area contributed by atoms with E-state index in [-0.39, 0.29) is 5.82 Å². The molecule has 1 aromatic heterocycles. The molecule has 2 aromatic rings. The lowest BCUT2D eigenvalue weighted by atomic mass is 9.85. The van der Waals surface area contributed by atoms with Crippen molar-refractivity contribution in [2.75, 3.05) is 5.73 Å². The van der Waals surface area contributed by atoms with Crippen molar-refractivity contribution >= 4 is 5.82 Å². The first-order chi connectivity index (χ1) is 9.25. The molecule has 0 radical (unpaired) electrons. The van der Waals surface area contributed by atoms with E-state index in [1.54, 1.807) is 12.1 Å². The van der Waals surface area contributed by atoms with Gasteiger partial charge in [0.05, 0.1) is 5.56 Å². The highest BCUT2D eigenvalue weighted by Crippen LogP contribution is 2.40. The van der Waals surface area contributed by atoms with E-state index in [9.17, 15) is 4.39 Å². The zero-order chi connectivity index (χ0) is 13.2. The Morgan fingerprint density at radius 3 is 2.47 bits per heavy atom. The zero-order valence-corrected chi connectivity index (χ0v) is 10.7. The molecule has 1 heterocycles. The van der Waals surface area contributed by atoms with Crippen molar-refractivity contribution in [1.29, 1.82) is 0 Å². The fourth-order valence-corrected chi connectivity index (χ4v) is 2.87. The van der Waals surface area contributed by atoms with Gasteiger partial charge >= 0.3 is 0 Å². The van der Waals surface area contributed by atoms with Crippen LogP contribution in [0.25, 0.3) is 11.1 Å². The van der Waals surface area contributed by atoms with Crippen LogP contribution in [0.2, 0.25) is 0 Å². The number of hydrogen-bond acceptors (Lipinski definition) is 3. The van der Waals surface area contributed by atoms with Crippen molar-refractivity contribution in [2.24, 2.45) is 0 Å². The van der Waals surface area contributed by atoms with Gasteiger partial charge in [0.1, 0.15) is 11.6 Å². The van der Waals surface area contributed by atoms with E-state index in [2.05, 4.69) is 5.16 Å². The number of anilines is 1. The average Bonchev–Trinajstić information content (AvgIpc) is 2.83. The summed E-state index contributed by atoms with van der Waals surface area (Å²) in [5.74, 6) is 1.40. The summed E-state index contributed by atoms with van der Waals surface area (Å²) in [6.45, 7) is 0. The van der Waals surface area contributed by atoms with E-state index in [0.29, 0.717) is 11.7 Å². The van der Waals surface area contributed by atoms with Gasteiger partial charge < -0.3 is 10.3 Å². The molecule has 0 spiro atoms. The highest BCUT2D eigenvalue weighted by Gasteiger charge is 2.25. The molecular formula is C15H17FN2O. The van der Waals surface area contributed by atoms with Gasteiger partial charge in [-0.15, -0.1) is 0 Å². The third-order valence-electron chi connectivity index (χ3n) is 3.85. The van der Waals surface area contributed by atoms with Crippen LogP contribution in [-0.4, -0.2) is 5.16 Å². The maximum absolute atomic E-state index is 13.0. The van der Waals surface area contributed by atoms with E-state index in [4.69, 9.17) is 10.3 Å². The van der Waals surface area contributed by atoms with Crippen LogP contribution in [0.4, 0.5) is 10.2 Å². The van der Waals surface area contributed by atoms with Crippen LogP contribution in [0.15, 0.2) is 28.8 Å². The number of nitrogen functional groups attached to an aromatic ring is 1. The summed E-state index contributed by atoms with van der Waals surface area (Å²) in [6, 6.07) is 6.33. The topological polar surface area (TPSA) is 52.0 Å². The van der Waals surface area contributed by atoms with Gasteiger partial charge in [-0.1, -0.05) is 36.6 Å². The summed E-state index contributed by atoms with van der Waals surface area (Å²) in [5, 5.41) is 3.90. The molecule has 1 aliphatic carbocycles. The van der Waals surface area contributed by atoms with Crippen LogP contribution in [0.5, 0.6) is 0 Å². The largest absolute Gasteiger partial charge is 0.380 e. The second-order valence-electron chi connectivity index (χ2n) is 5.15. The molecule has 1 fully saturated rings. The molecule has 0 unspecified atom stereocenters. The Morgan fingerprint density at radius 1 is 1.11 bits per heavy atom. The Kier molecular flexibility index (Phi) is 3.23. The molecule has 1 aliphatic rings. The zero-order valence-electron chi connectivity index (χ0n) is 10.7. The second-order valence-corrected chi connectivity index (χ2v) is 5.15. The lowest BCUT2D eigenvalue weighted by molar-refractivity contribution is 0.323. The number of benzene rings is 1. The number of halogens is 1. The Labute approximate surface area is 111 Å². The van der Waals surface area contributed by atoms with Crippen molar-refractivity contribution in [3.63, 3.8) is 0 Å². The van der Waals surface area contributed by atoms with Gasteiger partial charge in [0.2, 0.25) is 0 Å². The SMILES string of the molecule is Nc1noc(C2CCCCC2)c1-c1ccc(F)cc1. The summed E-state index contributed by atoms with van der Waals surface area (Å²) in [6.07, 6.45) is 5.94. The molecule has 1 aromatic carbocycles. The van der Waals surface area contributed by atoms with Gasteiger partial charge in [0.15, 0.2) is 5.82 Å². The summed E-state index contributed by atoms with van der Waals surface area (Å²) in [5.41, 5.74) is 7.63. The third-order valence-corrected chi connectivity index (χ3v) is 3.85. The number of rotatable bonds is 2. The van der Waals surface area contributed by atoms with Gasteiger partial charge in [0, 0.05) is 5.92 Å². The van der Waals surface area contributed by atoms with Gasteiger partial charge in [-0.3, -0.25) is 0 Å². The fraction of sp³-hybridized carbons (Fsp3) is 0.400. The van der Waals surface area contributed by atoms with Crippen molar-refractivity contribution in [3.05, 3.63) is 35.8 Å². The Morgan fingerprint density at radius 2 is 1.79 bits per heavy atom.